The third kappa shape index (κ3) is 2.39. The van der Waals surface area contributed by atoms with Gasteiger partial charge in [-0.3, -0.25) is 0 Å². The molecule has 0 fully saturated rings. The van der Waals surface area contributed by atoms with Crippen LogP contribution in [0.2, 0.25) is 0 Å². The highest BCUT2D eigenvalue weighted by Gasteiger charge is 2.42. The summed E-state index contributed by atoms with van der Waals surface area (Å²) in [5, 5.41) is 12.0. The van der Waals surface area contributed by atoms with E-state index in [0.29, 0.717) is 18.7 Å². The molecule has 2 aromatic carbocycles. The van der Waals surface area contributed by atoms with Crippen molar-refractivity contribution in [2.75, 3.05) is 0 Å². The number of carbonyl (C=O) groups is 1. The predicted octanol–water partition coefficient (Wildman–Crippen LogP) is 3.59. The summed E-state index contributed by atoms with van der Waals surface area (Å²) in [6, 6.07) is 13.8. The largest absolute Gasteiger partial charge is 0.465 e. The molecule has 116 valence electrons. The fraction of sp³-hybridized carbons (Fsp3) is 0.176. The topological polar surface area (TPSA) is 78.0 Å². The summed E-state index contributed by atoms with van der Waals surface area (Å²) >= 11 is 3.44. The van der Waals surface area contributed by atoms with Crippen molar-refractivity contribution in [3.8, 4) is 0 Å². The van der Waals surface area contributed by atoms with Crippen molar-refractivity contribution in [2.24, 2.45) is 0 Å². The van der Waals surface area contributed by atoms with Gasteiger partial charge in [-0.15, -0.1) is 0 Å². The van der Waals surface area contributed by atoms with Crippen molar-refractivity contribution in [3.05, 3.63) is 63.9 Å². The second-order valence-electron chi connectivity index (χ2n) is 5.88. The molecule has 0 atom stereocenters. The molecule has 4 rings (SSSR count). The second kappa shape index (κ2) is 5.09. The fourth-order valence-corrected chi connectivity index (χ4v) is 3.69. The monoisotopic (exact) mass is 371 g/mol. The normalized spacial score (nSPS) is 15.5. The molecule has 1 aliphatic rings. The summed E-state index contributed by atoms with van der Waals surface area (Å²) in [5.74, 6) is 0.657. The number of hydrogen-bond donors (Lipinski definition) is 3. The summed E-state index contributed by atoms with van der Waals surface area (Å²) in [6.07, 6.45) is 0.145. The average Bonchev–Trinajstić information content (AvgIpc) is 3.07. The zero-order valence-corrected chi connectivity index (χ0v) is 13.7. The van der Waals surface area contributed by atoms with E-state index in [-0.39, 0.29) is 0 Å². The maximum atomic E-state index is 11.4. The van der Waals surface area contributed by atoms with Crippen LogP contribution in [-0.4, -0.2) is 21.2 Å². The number of hydrogen-bond acceptors (Lipinski definition) is 2. The highest BCUT2D eigenvalue weighted by atomic mass is 79.9. The number of H-pyrrole nitrogens is 1. The number of nitrogens with zero attached hydrogens (tertiary/aromatic N) is 1. The number of nitrogens with one attached hydrogen (secondary N) is 2. The lowest BCUT2D eigenvalue weighted by molar-refractivity contribution is 0.176. The number of amides is 1. The minimum absolute atomic E-state index is 0.594. The zero-order valence-electron chi connectivity index (χ0n) is 12.1. The molecular formula is C17H14BrN3O2. The van der Waals surface area contributed by atoms with E-state index in [9.17, 15) is 9.90 Å². The Morgan fingerprint density at radius 2 is 1.91 bits per heavy atom. The lowest BCUT2D eigenvalue weighted by atomic mass is 9.95. The van der Waals surface area contributed by atoms with Crippen LogP contribution in [0.5, 0.6) is 0 Å². The molecular weight excluding hydrogens is 358 g/mol. The van der Waals surface area contributed by atoms with E-state index in [1.165, 1.54) is 0 Å². The molecule has 1 aromatic heterocycles. The Hall–Kier alpha value is -2.34. The van der Waals surface area contributed by atoms with Crippen molar-refractivity contribution < 1.29 is 9.90 Å². The molecule has 5 nitrogen and oxygen atoms in total. The molecule has 23 heavy (non-hydrogen) atoms. The number of fused-ring (bicyclic) bond motifs is 2. The molecule has 0 spiro atoms. The van der Waals surface area contributed by atoms with E-state index < -0.39 is 11.6 Å². The highest BCUT2D eigenvalue weighted by Crippen LogP contribution is 2.37. The summed E-state index contributed by atoms with van der Waals surface area (Å²) in [5.41, 5.74) is 3.27. The SMILES string of the molecule is O=C(O)NC1(c2nc3cc(Br)ccc3[nH]2)Cc2ccccc2C1. The third-order valence-corrected chi connectivity index (χ3v) is 4.84. The van der Waals surface area contributed by atoms with Crippen molar-refractivity contribution in [3.63, 3.8) is 0 Å². The van der Waals surface area contributed by atoms with E-state index in [1.807, 2.05) is 42.5 Å². The first kappa shape index (κ1) is 14.3. The van der Waals surface area contributed by atoms with Crippen molar-refractivity contribution >= 4 is 33.1 Å². The summed E-state index contributed by atoms with van der Waals surface area (Å²) < 4.78 is 0.943. The summed E-state index contributed by atoms with van der Waals surface area (Å²) in [7, 11) is 0. The van der Waals surface area contributed by atoms with Crippen LogP contribution in [0.1, 0.15) is 17.0 Å². The number of aromatic amines is 1. The van der Waals surface area contributed by atoms with Crippen LogP contribution < -0.4 is 5.32 Å². The van der Waals surface area contributed by atoms with Crippen LogP contribution in [0.3, 0.4) is 0 Å². The van der Waals surface area contributed by atoms with Gasteiger partial charge in [0.25, 0.3) is 0 Å². The molecule has 0 saturated heterocycles. The number of benzene rings is 2. The van der Waals surface area contributed by atoms with Gasteiger partial charge in [0, 0.05) is 17.3 Å². The van der Waals surface area contributed by atoms with Crippen molar-refractivity contribution in [1.29, 1.82) is 0 Å². The number of rotatable bonds is 2. The molecule has 1 aliphatic carbocycles. The highest BCUT2D eigenvalue weighted by molar-refractivity contribution is 9.10. The van der Waals surface area contributed by atoms with Gasteiger partial charge in [-0.2, -0.15) is 0 Å². The first-order chi connectivity index (χ1) is 11.1. The Labute approximate surface area is 140 Å². The van der Waals surface area contributed by atoms with Crippen LogP contribution in [0.25, 0.3) is 11.0 Å². The molecule has 3 aromatic rings. The van der Waals surface area contributed by atoms with Gasteiger partial charge in [0.2, 0.25) is 0 Å². The van der Waals surface area contributed by atoms with Crippen molar-refractivity contribution in [2.45, 2.75) is 18.4 Å². The average molecular weight is 372 g/mol. The van der Waals surface area contributed by atoms with Crippen LogP contribution in [0.15, 0.2) is 46.9 Å². The lowest BCUT2D eigenvalue weighted by Crippen LogP contribution is -2.47. The van der Waals surface area contributed by atoms with Crippen LogP contribution >= 0.6 is 15.9 Å². The zero-order chi connectivity index (χ0) is 16.0. The first-order valence-corrected chi connectivity index (χ1v) is 8.09. The minimum Gasteiger partial charge on any atom is -0.465 e. The van der Waals surface area contributed by atoms with Gasteiger partial charge < -0.3 is 15.4 Å². The standard InChI is InChI=1S/C17H14BrN3O2/c18-12-5-6-13-14(7-12)20-15(19-13)17(21-16(22)23)8-10-3-1-2-4-11(10)9-17/h1-7,21H,8-9H2,(H,19,20)(H,22,23). The fourth-order valence-electron chi connectivity index (χ4n) is 3.34. The van der Waals surface area contributed by atoms with Gasteiger partial charge in [-0.1, -0.05) is 40.2 Å². The van der Waals surface area contributed by atoms with Gasteiger partial charge in [0.05, 0.1) is 11.0 Å². The molecule has 6 heteroatoms. The molecule has 1 heterocycles. The lowest BCUT2D eigenvalue weighted by Gasteiger charge is -2.26. The Kier molecular flexibility index (Phi) is 3.16. The maximum Gasteiger partial charge on any atom is 0.405 e. The molecule has 3 N–H and O–H groups in total. The Morgan fingerprint density at radius 3 is 2.57 bits per heavy atom. The molecule has 0 aliphatic heterocycles. The number of imidazole rings is 1. The first-order valence-electron chi connectivity index (χ1n) is 7.29. The number of carboxylic acid groups (broad SMARTS) is 1. The Bertz CT molecular complexity index is 894. The quantitative estimate of drug-likeness (QED) is 0.643. The number of aromatic nitrogens is 2. The summed E-state index contributed by atoms with van der Waals surface area (Å²) in [6.45, 7) is 0. The van der Waals surface area contributed by atoms with E-state index >= 15 is 0 Å². The maximum absolute atomic E-state index is 11.4. The van der Waals surface area contributed by atoms with Gasteiger partial charge in [-0.05, 0) is 29.3 Å². The van der Waals surface area contributed by atoms with E-state index in [1.54, 1.807) is 0 Å². The Morgan fingerprint density at radius 1 is 1.22 bits per heavy atom. The van der Waals surface area contributed by atoms with Crippen LogP contribution in [-0.2, 0) is 18.4 Å². The molecule has 1 amide bonds. The molecule has 0 bridgehead atoms. The van der Waals surface area contributed by atoms with E-state index in [0.717, 1.165) is 26.6 Å². The van der Waals surface area contributed by atoms with Gasteiger partial charge in [0.1, 0.15) is 11.4 Å². The minimum atomic E-state index is -1.04. The van der Waals surface area contributed by atoms with E-state index in [2.05, 4.69) is 31.2 Å². The van der Waals surface area contributed by atoms with Gasteiger partial charge in [-0.25, -0.2) is 9.78 Å². The van der Waals surface area contributed by atoms with Gasteiger partial charge >= 0.3 is 6.09 Å². The Balaban J connectivity index is 1.84. The second-order valence-corrected chi connectivity index (χ2v) is 6.80. The smallest absolute Gasteiger partial charge is 0.405 e. The van der Waals surface area contributed by atoms with Crippen molar-refractivity contribution in [1.82, 2.24) is 15.3 Å². The molecule has 0 unspecified atom stereocenters. The number of halogens is 1. The third-order valence-electron chi connectivity index (χ3n) is 4.35. The van der Waals surface area contributed by atoms with E-state index in [4.69, 9.17) is 0 Å². The molecule has 0 radical (unpaired) electrons. The van der Waals surface area contributed by atoms with Crippen LogP contribution in [0, 0.1) is 0 Å². The van der Waals surface area contributed by atoms with Crippen LogP contribution in [0.4, 0.5) is 4.79 Å². The summed E-state index contributed by atoms with van der Waals surface area (Å²) in [4.78, 5) is 19.3. The predicted molar refractivity (Wildman–Crippen MR) is 90.5 cm³/mol. The molecule has 0 saturated carbocycles. The van der Waals surface area contributed by atoms with Gasteiger partial charge in [0.15, 0.2) is 0 Å².